The van der Waals surface area contributed by atoms with E-state index in [0.717, 1.165) is 23.7 Å². The minimum Gasteiger partial charge on any atom is -0.375 e. The topological polar surface area (TPSA) is 9.23 Å². The Bertz CT molecular complexity index is 207. The predicted molar refractivity (Wildman–Crippen MR) is 52.4 cm³/mol. The first-order valence-electron chi connectivity index (χ1n) is 5.89. The normalized spacial score (nSPS) is 52.4. The Morgan fingerprint density at radius 3 is 2.46 bits per heavy atom. The van der Waals surface area contributed by atoms with Crippen LogP contribution in [0.1, 0.15) is 39.5 Å². The third-order valence-electron chi connectivity index (χ3n) is 4.40. The lowest BCUT2D eigenvalue weighted by molar-refractivity contribution is -0.0549. The quantitative estimate of drug-likeness (QED) is 0.635. The fourth-order valence-electron chi connectivity index (χ4n) is 4.20. The van der Waals surface area contributed by atoms with E-state index in [1.165, 1.54) is 25.7 Å². The van der Waals surface area contributed by atoms with Crippen LogP contribution in [-0.2, 0) is 4.74 Å². The van der Waals surface area contributed by atoms with Crippen LogP contribution in [0.15, 0.2) is 0 Å². The maximum Gasteiger partial charge on any atom is 0.0637 e. The summed E-state index contributed by atoms with van der Waals surface area (Å²) in [7, 11) is 0. The minimum atomic E-state index is 0.434. The molecule has 4 saturated carbocycles. The van der Waals surface area contributed by atoms with E-state index in [9.17, 15) is 0 Å². The molecule has 0 saturated heterocycles. The second kappa shape index (κ2) is 2.73. The molecule has 0 spiro atoms. The van der Waals surface area contributed by atoms with Gasteiger partial charge in [-0.2, -0.15) is 0 Å². The van der Waals surface area contributed by atoms with Crippen LogP contribution in [0.5, 0.6) is 0 Å². The van der Waals surface area contributed by atoms with Gasteiger partial charge in [0.1, 0.15) is 0 Å². The van der Waals surface area contributed by atoms with Crippen molar-refractivity contribution in [3.8, 4) is 0 Å². The lowest BCUT2D eigenvalue weighted by atomic mass is 9.80. The van der Waals surface area contributed by atoms with E-state index in [-0.39, 0.29) is 0 Å². The summed E-state index contributed by atoms with van der Waals surface area (Å²) in [5.74, 6) is 4.02. The second-order valence-electron chi connectivity index (χ2n) is 5.64. The van der Waals surface area contributed by atoms with Crippen LogP contribution < -0.4 is 0 Å². The molecule has 0 aromatic heterocycles. The van der Waals surface area contributed by atoms with Crippen molar-refractivity contribution in [3.63, 3.8) is 0 Å². The van der Waals surface area contributed by atoms with Crippen LogP contribution in [0.4, 0.5) is 0 Å². The number of ether oxygens (including phenoxy) is 1. The van der Waals surface area contributed by atoms with Crippen LogP contribution in [0, 0.1) is 23.7 Å². The molecule has 0 amide bonds. The lowest BCUT2D eigenvalue weighted by Gasteiger charge is -2.33. The highest BCUT2D eigenvalue weighted by molar-refractivity contribution is 5.04. The van der Waals surface area contributed by atoms with E-state index in [1.54, 1.807) is 0 Å². The molecule has 5 atom stereocenters. The Labute approximate surface area is 80.8 Å². The number of hydrogen-bond acceptors (Lipinski definition) is 1. The molecule has 74 valence electrons. The van der Waals surface area contributed by atoms with Gasteiger partial charge in [0.2, 0.25) is 0 Å². The Morgan fingerprint density at radius 2 is 1.77 bits per heavy atom. The molecule has 0 radical (unpaired) electrons. The summed E-state index contributed by atoms with van der Waals surface area (Å²) in [6, 6.07) is 0. The SMILES string of the molecule is CC(C)OC1C2CC3CC(C2)C1C3. The van der Waals surface area contributed by atoms with Crippen molar-refractivity contribution >= 4 is 0 Å². The minimum absolute atomic E-state index is 0.434. The summed E-state index contributed by atoms with van der Waals surface area (Å²) in [4.78, 5) is 0. The van der Waals surface area contributed by atoms with Crippen molar-refractivity contribution < 1.29 is 4.74 Å². The molecule has 4 rings (SSSR count). The summed E-state index contributed by atoms with van der Waals surface area (Å²) < 4.78 is 6.08. The molecular weight excluding hydrogens is 160 g/mol. The second-order valence-corrected chi connectivity index (χ2v) is 5.64. The maximum absolute atomic E-state index is 6.08. The predicted octanol–water partition coefficient (Wildman–Crippen LogP) is 2.85. The summed E-state index contributed by atoms with van der Waals surface area (Å²) in [5.41, 5.74) is 0. The van der Waals surface area contributed by atoms with E-state index in [1.807, 2.05) is 0 Å². The molecule has 4 bridgehead atoms. The van der Waals surface area contributed by atoms with Gasteiger partial charge >= 0.3 is 0 Å². The Balaban J connectivity index is 1.76. The lowest BCUT2D eigenvalue weighted by Crippen LogP contribution is -2.32. The van der Waals surface area contributed by atoms with Crippen molar-refractivity contribution in [3.05, 3.63) is 0 Å². The molecule has 4 fully saturated rings. The number of hydrogen-bond donors (Lipinski definition) is 0. The summed E-state index contributed by atoms with van der Waals surface area (Å²) >= 11 is 0. The van der Waals surface area contributed by atoms with Crippen LogP contribution in [0.2, 0.25) is 0 Å². The van der Waals surface area contributed by atoms with Gasteiger partial charge in [-0.3, -0.25) is 0 Å². The van der Waals surface area contributed by atoms with Gasteiger partial charge in [0.05, 0.1) is 12.2 Å². The standard InChI is InChI=1S/C12H20O/c1-7(2)13-12-10-4-8-3-9(6-10)11(12)5-8/h7-12H,3-6H2,1-2H3. The van der Waals surface area contributed by atoms with Crippen LogP contribution in [0.25, 0.3) is 0 Å². The van der Waals surface area contributed by atoms with E-state index < -0.39 is 0 Å². The fourth-order valence-corrected chi connectivity index (χ4v) is 4.20. The average Bonchev–Trinajstić information content (AvgIpc) is 2.45. The van der Waals surface area contributed by atoms with E-state index >= 15 is 0 Å². The molecule has 1 heteroatoms. The smallest absolute Gasteiger partial charge is 0.0637 e. The zero-order valence-corrected chi connectivity index (χ0v) is 8.70. The molecule has 5 unspecified atom stereocenters. The summed E-state index contributed by atoms with van der Waals surface area (Å²) in [5, 5.41) is 0. The zero-order valence-electron chi connectivity index (χ0n) is 8.70. The first kappa shape index (κ1) is 8.28. The highest BCUT2D eigenvalue weighted by Gasteiger charge is 2.54. The molecule has 0 heterocycles. The summed E-state index contributed by atoms with van der Waals surface area (Å²) in [6.45, 7) is 4.36. The molecule has 0 aliphatic heterocycles. The van der Waals surface area contributed by atoms with Gasteiger partial charge in [-0.1, -0.05) is 0 Å². The highest BCUT2D eigenvalue weighted by atomic mass is 16.5. The molecule has 13 heavy (non-hydrogen) atoms. The van der Waals surface area contributed by atoms with Gasteiger partial charge < -0.3 is 4.74 Å². The number of rotatable bonds is 2. The molecule has 4 aliphatic carbocycles. The van der Waals surface area contributed by atoms with Gasteiger partial charge in [0.25, 0.3) is 0 Å². The van der Waals surface area contributed by atoms with E-state index in [4.69, 9.17) is 4.74 Å². The fraction of sp³-hybridized carbons (Fsp3) is 1.00. The van der Waals surface area contributed by atoms with Gasteiger partial charge in [-0.25, -0.2) is 0 Å². The maximum atomic E-state index is 6.08. The van der Waals surface area contributed by atoms with Crippen LogP contribution in [-0.4, -0.2) is 12.2 Å². The van der Waals surface area contributed by atoms with E-state index in [0.29, 0.717) is 12.2 Å². The molecular formula is C12H20O. The highest BCUT2D eigenvalue weighted by Crippen LogP contribution is 2.59. The van der Waals surface area contributed by atoms with Crippen LogP contribution in [0.3, 0.4) is 0 Å². The first-order valence-corrected chi connectivity index (χ1v) is 5.89. The average molecular weight is 180 g/mol. The Kier molecular flexibility index (Phi) is 1.74. The Hall–Kier alpha value is -0.0400. The van der Waals surface area contributed by atoms with Crippen molar-refractivity contribution in [1.82, 2.24) is 0 Å². The monoisotopic (exact) mass is 180 g/mol. The summed E-state index contributed by atoms with van der Waals surface area (Å²) in [6.07, 6.45) is 7.05. The molecule has 0 aromatic rings. The Morgan fingerprint density at radius 1 is 1.00 bits per heavy atom. The largest absolute Gasteiger partial charge is 0.375 e. The van der Waals surface area contributed by atoms with Gasteiger partial charge in [0, 0.05) is 0 Å². The van der Waals surface area contributed by atoms with Gasteiger partial charge in [0.15, 0.2) is 0 Å². The molecule has 0 aromatic carbocycles. The van der Waals surface area contributed by atoms with E-state index in [2.05, 4.69) is 13.8 Å². The first-order chi connectivity index (χ1) is 6.24. The van der Waals surface area contributed by atoms with Crippen molar-refractivity contribution in [1.29, 1.82) is 0 Å². The molecule has 0 N–H and O–H groups in total. The van der Waals surface area contributed by atoms with Crippen molar-refractivity contribution in [2.45, 2.75) is 51.7 Å². The van der Waals surface area contributed by atoms with Gasteiger partial charge in [-0.05, 0) is 63.2 Å². The third kappa shape index (κ3) is 1.16. The van der Waals surface area contributed by atoms with Crippen molar-refractivity contribution in [2.24, 2.45) is 23.7 Å². The third-order valence-corrected chi connectivity index (χ3v) is 4.40. The van der Waals surface area contributed by atoms with Crippen molar-refractivity contribution in [2.75, 3.05) is 0 Å². The zero-order chi connectivity index (χ0) is 9.00. The van der Waals surface area contributed by atoms with Crippen LogP contribution >= 0.6 is 0 Å². The molecule has 4 aliphatic rings. The van der Waals surface area contributed by atoms with Gasteiger partial charge in [-0.15, -0.1) is 0 Å². The molecule has 1 nitrogen and oxygen atoms in total.